The summed E-state index contributed by atoms with van der Waals surface area (Å²) in [5, 5.41) is 0.543. The van der Waals surface area contributed by atoms with Gasteiger partial charge in [0.2, 0.25) is 0 Å². The molecular weight excluding hydrogens is 160 g/mol. The first-order chi connectivity index (χ1) is 5.15. The second-order valence-corrected chi connectivity index (χ2v) is 2.84. The van der Waals surface area contributed by atoms with E-state index in [1.807, 2.05) is 19.1 Å². The molecule has 0 unspecified atom stereocenters. The first kappa shape index (κ1) is 8.21. The molecule has 0 amide bonds. The number of nitrogen functional groups attached to an aromatic ring is 2. The molecule has 11 heavy (non-hydrogen) atoms. The third-order valence-corrected chi connectivity index (χ3v) is 1.94. The van der Waals surface area contributed by atoms with Gasteiger partial charge in [-0.25, -0.2) is 0 Å². The third kappa shape index (κ3) is 1.57. The lowest BCUT2D eigenvalue weighted by Gasteiger charge is -2.04. The summed E-state index contributed by atoms with van der Waals surface area (Å²) in [5.74, 6) is 0. The highest BCUT2D eigenvalue weighted by Crippen LogP contribution is 2.26. The minimum atomic E-state index is 0.476. The van der Waals surface area contributed by atoms with Crippen molar-refractivity contribution >= 4 is 23.0 Å². The van der Waals surface area contributed by atoms with Crippen LogP contribution in [-0.4, -0.2) is 0 Å². The molecule has 0 bridgehead atoms. The third-order valence-electron chi connectivity index (χ3n) is 1.63. The number of nitrogens with two attached hydrogens (primary N) is 2. The SMILES string of the molecule is CCc1cc(N)c(N)c(Cl)c1. The zero-order chi connectivity index (χ0) is 8.43. The second-order valence-electron chi connectivity index (χ2n) is 2.43. The Morgan fingerprint density at radius 3 is 2.45 bits per heavy atom. The minimum Gasteiger partial charge on any atom is -0.397 e. The molecule has 0 saturated heterocycles. The van der Waals surface area contributed by atoms with Crippen molar-refractivity contribution in [1.82, 2.24) is 0 Å². The van der Waals surface area contributed by atoms with Crippen molar-refractivity contribution in [3.63, 3.8) is 0 Å². The van der Waals surface area contributed by atoms with Gasteiger partial charge in [-0.1, -0.05) is 18.5 Å². The van der Waals surface area contributed by atoms with E-state index in [0.29, 0.717) is 16.4 Å². The summed E-state index contributed by atoms with van der Waals surface area (Å²) < 4.78 is 0. The van der Waals surface area contributed by atoms with Crippen LogP contribution in [0.2, 0.25) is 5.02 Å². The molecule has 0 aliphatic heterocycles. The van der Waals surface area contributed by atoms with Crippen LogP contribution in [0.4, 0.5) is 11.4 Å². The average molecular weight is 171 g/mol. The maximum absolute atomic E-state index is 5.79. The van der Waals surface area contributed by atoms with Crippen LogP contribution in [0.1, 0.15) is 12.5 Å². The van der Waals surface area contributed by atoms with Gasteiger partial charge < -0.3 is 11.5 Å². The van der Waals surface area contributed by atoms with Gasteiger partial charge in [-0.2, -0.15) is 0 Å². The van der Waals surface area contributed by atoms with Gasteiger partial charge >= 0.3 is 0 Å². The Kier molecular flexibility index (Phi) is 2.25. The summed E-state index contributed by atoms with van der Waals surface area (Å²) in [6, 6.07) is 3.69. The summed E-state index contributed by atoms with van der Waals surface area (Å²) >= 11 is 5.79. The molecule has 2 nitrogen and oxygen atoms in total. The van der Waals surface area contributed by atoms with Crippen molar-refractivity contribution in [2.75, 3.05) is 11.5 Å². The molecular formula is C8H11ClN2. The molecule has 1 rings (SSSR count). The van der Waals surface area contributed by atoms with Crippen molar-refractivity contribution in [2.24, 2.45) is 0 Å². The fourth-order valence-corrected chi connectivity index (χ4v) is 1.15. The van der Waals surface area contributed by atoms with E-state index in [4.69, 9.17) is 23.1 Å². The lowest BCUT2D eigenvalue weighted by molar-refractivity contribution is 1.14. The maximum atomic E-state index is 5.79. The van der Waals surface area contributed by atoms with Gasteiger partial charge in [0.05, 0.1) is 16.4 Å². The largest absolute Gasteiger partial charge is 0.397 e. The zero-order valence-electron chi connectivity index (χ0n) is 6.39. The van der Waals surface area contributed by atoms with Gasteiger partial charge in [-0.05, 0) is 24.1 Å². The molecule has 0 aliphatic carbocycles. The quantitative estimate of drug-likeness (QED) is 0.634. The van der Waals surface area contributed by atoms with Crippen molar-refractivity contribution in [3.8, 4) is 0 Å². The predicted octanol–water partition coefficient (Wildman–Crippen LogP) is 2.07. The standard InChI is InChI=1S/C8H11ClN2/c1-2-5-3-6(9)8(11)7(10)4-5/h3-4H,2,10-11H2,1H3. The highest BCUT2D eigenvalue weighted by atomic mass is 35.5. The summed E-state index contributed by atoms with van der Waals surface area (Å²) in [6.07, 6.45) is 0.921. The van der Waals surface area contributed by atoms with E-state index in [0.717, 1.165) is 12.0 Å². The molecule has 0 heterocycles. The fourth-order valence-electron chi connectivity index (χ4n) is 0.902. The molecule has 60 valence electrons. The Morgan fingerprint density at radius 2 is 2.00 bits per heavy atom. The topological polar surface area (TPSA) is 52.0 Å². The lowest BCUT2D eigenvalue weighted by atomic mass is 10.1. The monoisotopic (exact) mass is 170 g/mol. The normalized spacial score (nSPS) is 10.0. The van der Waals surface area contributed by atoms with E-state index in [1.165, 1.54) is 0 Å². The Hall–Kier alpha value is -0.890. The molecule has 1 aromatic rings. The van der Waals surface area contributed by atoms with Gasteiger partial charge in [0, 0.05) is 0 Å². The minimum absolute atomic E-state index is 0.476. The van der Waals surface area contributed by atoms with Crippen molar-refractivity contribution < 1.29 is 0 Å². The first-order valence-corrected chi connectivity index (χ1v) is 3.86. The summed E-state index contributed by atoms with van der Waals surface area (Å²) in [4.78, 5) is 0. The summed E-state index contributed by atoms with van der Waals surface area (Å²) in [7, 11) is 0. The second kappa shape index (κ2) is 3.01. The molecule has 0 saturated carbocycles. The fraction of sp³-hybridized carbons (Fsp3) is 0.250. The van der Waals surface area contributed by atoms with Crippen LogP contribution in [0.3, 0.4) is 0 Å². The Morgan fingerprint density at radius 1 is 1.36 bits per heavy atom. The maximum Gasteiger partial charge on any atom is 0.0737 e. The number of anilines is 2. The van der Waals surface area contributed by atoms with E-state index in [1.54, 1.807) is 0 Å². The van der Waals surface area contributed by atoms with E-state index in [9.17, 15) is 0 Å². The molecule has 0 aromatic heterocycles. The number of halogens is 1. The van der Waals surface area contributed by atoms with Gasteiger partial charge in [0.15, 0.2) is 0 Å². The number of hydrogen-bond acceptors (Lipinski definition) is 2. The van der Waals surface area contributed by atoms with Crippen molar-refractivity contribution in [3.05, 3.63) is 22.7 Å². The van der Waals surface area contributed by atoms with Crippen LogP contribution in [0.5, 0.6) is 0 Å². The molecule has 0 aliphatic rings. The smallest absolute Gasteiger partial charge is 0.0737 e. The van der Waals surface area contributed by atoms with E-state index in [2.05, 4.69) is 0 Å². The average Bonchev–Trinajstić information content (AvgIpc) is 1.99. The Bertz CT molecular complexity index is 248. The van der Waals surface area contributed by atoms with Crippen LogP contribution in [0.15, 0.2) is 12.1 Å². The van der Waals surface area contributed by atoms with Gasteiger partial charge in [-0.3, -0.25) is 0 Å². The van der Waals surface area contributed by atoms with Crippen molar-refractivity contribution in [2.45, 2.75) is 13.3 Å². The number of benzene rings is 1. The molecule has 0 spiro atoms. The van der Waals surface area contributed by atoms with E-state index >= 15 is 0 Å². The highest BCUT2D eigenvalue weighted by Gasteiger charge is 2.01. The van der Waals surface area contributed by atoms with E-state index < -0.39 is 0 Å². The van der Waals surface area contributed by atoms with Crippen LogP contribution in [-0.2, 0) is 6.42 Å². The van der Waals surface area contributed by atoms with Gasteiger partial charge in [0.25, 0.3) is 0 Å². The van der Waals surface area contributed by atoms with Crippen LogP contribution in [0.25, 0.3) is 0 Å². The predicted molar refractivity (Wildman–Crippen MR) is 49.7 cm³/mol. The Labute approximate surface area is 71.1 Å². The van der Waals surface area contributed by atoms with Crippen LogP contribution >= 0.6 is 11.6 Å². The summed E-state index contributed by atoms with van der Waals surface area (Å²) in [6.45, 7) is 2.04. The molecule has 1 aromatic carbocycles. The number of aryl methyl sites for hydroxylation is 1. The molecule has 0 radical (unpaired) electrons. The first-order valence-electron chi connectivity index (χ1n) is 3.48. The molecule has 3 heteroatoms. The van der Waals surface area contributed by atoms with Crippen molar-refractivity contribution in [1.29, 1.82) is 0 Å². The van der Waals surface area contributed by atoms with Gasteiger partial charge in [-0.15, -0.1) is 0 Å². The molecule has 0 fully saturated rings. The number of hydrogen-bond donors (Lipinski definition) is 2. The highest BCUT2D eigenvalue weighted by molar-refractivity contribution is 6.33. The molecule has 0 atom stereocenters. The summed E-state index contributed by atoms with van der Waals surface area (Å²) in [5.41, 5.74) is 13.3. The zero-order valence-corrected chi connectivity index (χ0v) is 7.15. The molecule has 4 N–H and O–H groups in total. The van der Waals surface area contributed by atoms with Crippen LogP contribution < -0.4 is 11.5 Å². The lowest BCUT2D eigenvalue weighted by Crippen LogP contribution is -1.96. The van der Waals surface area contributed by atoms with Crippen LogP contribution in [0, 0.1) is 0 Å². The van der Waals surface area contributed by atoms with Gasteiger partial charge in [0.1, 0.15) is 0 Å². The number of rotatable bonds is 1. The Balaban J connectivity index is 3.21. The van der Waals surface area contributed by atoms with E-state index in [-0.39, 0.29) is 0 Å².